The van der Waals surface area contributed by atoms with E-state index in [0.717, 1.165) is 5.56 Å². The number of anilines is 1. The molecule has 5 aromatic rings. The van der Waals surface area contributed by atoms with Crippen LogP contribution in [0.25, 0.3) is 21.8 Å². The Morgan fingerprint density at radius 1 is 0.857 bits per heavy atom. The maximum atomic E-state index is 13.0. The number of rotatable bonds is 6. The quantitative estimate of drug-likeness (QED) is 0.352. The average Bonchev–Trinajstić information content (AvgIpc) is 2.90. The van der Waals surface area contributed by atoms with E-state index in [-0.39, 0.29) is 17.9 Å². The standard InChI is InChI=1S/C29H21N3O3/c30-17-20-7-5-8-21(15-20)19-35-23-10-6-9-22(16-23)31-28(33)18-32-26-13-3-1-11-24(26)29(34)25-12-2-4-14-27(25)32/h1-16H,18-19H2,(H,31,33). The molecule has 0 radical (unpaired) electrons. The van der Waals surface area contributed by atoms with Crippen molar-refractivity contribution in [3.63, 3.8) is 0 Å². The molecule has 0 aliphatic heterocycles. The van der Waals surface area contributed by atoms with E-state index in [4.69, 9.17) is 10.00 Å². The first-order valence-electron chi connectivity index (χ1n) is 11.1. The summed E-state index contributed by atoms with van der Waals surface area (Å²) in [6.45, 7) is 0.357. The van der Waals surface area contributed by atoms with Crippen LogP contribution in [0.4, 0.5) is 5.69 Å². The van der Waals surface area contributed by atoms with Gasteiger partial charge in [0.1, 0.15) is 18.9 Å². The van der Waals surface area contributed by atoms with Gasteiger partial charge in [0.25, 0.3) is 0 Å². The van der Waals surface area contributed by atoms with Crippen molar-refractivity contribution in [3.8, 4) is 11.8 Å². The molecular weight excluding hydrogens is 438 g/mol. The number of aromatic nitrogens is 1. The summed E-state index contributed by atoms with van der Waals surface area (Å²) in [5.41, 5.74) is 3.45. The highest BCUT2D eigenvalue weighted by Gasteiger charge is 2.13. The number of amides is 1. The summed E-state index contributed by atoms with van der Waals surface area (Å²) in [4.78, 5) is 25.9. The van der Waals surface area contributed by atoms with E-state index in [0.29, 0.717) is 45.4 Å². The minimum Gasteiger partial charge on any atom is -0.489 e. The molecule has 0 atom stereocenters. The molecule has 0 aliphatic carbocycles. The van der Waals surface area contributed by atoms with Crippen LogP contribution < -0.4 is 15.5 Å². The van der Waals surface area contributed by atoms with Gasteiger partial charge in [-0.15, -0.1) is 0 Å². The largest absolute Gasteiger partial charge is 0.489 e. The molecule has 0 spiro atoms. The Balaban J connectivity index is 1.36. The van der Waals surface area contributed by atoms with Gasteiger partial charge in [0.05, 0.1) is 22.7 Å². The second-order valence-electron chi connectivity index (χ2n) is 8.13. The third kappa shape index (κ3) is 4.61. The van der Waals surface area contributed by atoms with Crippen LogP contribution in [0, 0.1) is 11.3 Å². The maximum absolute atomic E-state index is 13.0. The molecule has 0 fully saturated rings. The third-order valence-electron chi connectivity index (χ3n) is 5.76. The Hall–Kier alpha value is -4.89. The van der Waals surface area contributed by atoms with Crippen LogP contribution in [-0.4, -0.2) is 10.5 Å². The molecule has 0 aliphatic rings. The number of nitrogens with zero attached hydrogens (tertiary/aromatic N) is 2. The smallest absolute Gasteiger partial charge is 0.244 e. The van der Waals surface area contributed by atoms with Crippen molar-refractivity contribution in [1.29, 1.82) is 5.26 Å². The lowest BCUT2D eigenvalue weighted by molar-refractivity contribution is -0.116. The van der Waals surface area contributed by atoms with Crippen molar-refractivity contribution in [2.75, 3.05) is 5.32 Å². The van der Waals surface area contributed by atoms with Gasteiger partial charge in [-0.2, -0.15) is 5.26 Å². The van der Waals surface area contributed by atoms with E-state index in [1.807, 2.05) is 59.2 Å². The zero-order valence-electron chi connectivity index (χ0n) is 18.8. The van der Waals surface area contributed by atoms with Gasteiger partial charge in [-0.3, -0.25) is 9.59 Å². The van der Waals surface area contributed by atoms with Gasteiger partial charge in [-0.1, -0.05) is 42.5 Å². The second-order valence-corrected chi connectivity index (χ2v) is 8.13. The van der Waals surface area contributed by atoms with Gasteiger partial charge in [0.15, 0.2) is 5.43 Å². The van der Waals surface area contributed by atoms with Crippen molar-refractivity contribution >= 4 is 33.4 Å². The first kappa shape index (κ1) is 21.9. The van der Waals surface area contributed by atoms with Crippen LogP contribution in [0.1, 0.15) is 11.1 Å². The number of carbonyl (C=O) groups excluding carboxylic acids is 1. The summed E-state index contributed by atoms with van der Waals surface area (Å²) in [6, 6.07) is 31.2. The highest BCUT2D eigenvalue weighted by molar-refractivity contribution is 5.97. The van der Waals surface area contributed by atoms with Crippen molar-refractivity contribution in [2.24, 2.45) is 0 Å². The highest BCUT2D eigenvalue weighted by Crippen LogP contribution is 2.21. The lowest BCUT2D eigenvalue weighted by atomic mass is 10.1. The van der Waals surface area contributed by atoms with E-state index in [9.17, 15) is 9.59 Å². The lowest BCUT2D eigenvalue weighted by Gasteiger charge is -2.15. The molecule has 1 aromatic heterocycles. The molecule has 6 heteroatoms. The molecule has 170 valence electrons. The number of nitriles is 1. The summed E-state index contributed by atoms with van der Waals surface area (Å²) in [7, 11) is 0. The molecule has 0 saturated carbocycles. The van der Waals surface area contributed by atoms with Gasteiger partial charge in [-0.25, -0.2) is 0 Å². The van der Waals surface area contributed by atoms with E-state index in [1.165, 1.54) is 0 Å². The maximum Gasteiger partial charge on any atom is 0.244 e. The fourth-order valence-corrected chi connectivity index (χ4v) is 4.15. The molecule has 35 heavy (non-hydrogen) atoms. The van der Waals surface area contributed by atoms with E-state index in [1.54, 1.807) is 42.5 Å². The molecule has 1 heterocycles. The molecule has 6 nitrogen and oxygen atoms in total. The lowest BCUT2D eigenvalue weighted by Crippen LogP contribution is -2.21. The number of hydrogen-bond donors (Lipinski definition) is 1. The number of pyridine rings is 1. The average molecular weight is 460 g/mol. The fraction of sp³-hybridized carbons (Fsp3) is 0.0690. The van der Waals surface area contributed by atoms with Crippen LogP contribution >= 0.6 is 0 Å². The Morgan fingerprint density at radius 3 is 2.26 bits per heavy atom. The Labute approximate surface area is 201 Å². The predicted molar refractivity (Wildman–Crippen MR) is 136 cm³/mol. The van der Waals surface area contributed by atoms with Gasteiger partial charge < -0.3 is 14.6 Å². The number of carbonyl (C=O) groups is 1. The predicted octanol–water partition coefficient (Wildman–Crippen LogP) is 5.24. The molecule has 0 unspecified atom stereocenters. The summed E-state index contributed by atoms with van der Waals surface area (Å²) >= 11 is 0. The van der Waals surface area contributed by atoms with Crippen LogP contribution in [0.2, 0.25) is 0 Å². The van der Waals surface area contributed by atoms with Crippen molar-refractivity contribution in [3.05, 3.63) is 118 Å². The number of benzene rings is 4. The van der Waals surface area contributed by atoms with Crippen molar-refractivity contribution in [1.82, 2.24) is 4.57 Å². The monoisotopic (exact) mass is 459 g/mol. The highest BCUT2D eigenvalue weighted by atomic mass is 16.5. The Kier molecular flexibility index (Phi) is 5.98. The molecule has 5 rings (SSSR count). The van der Waals surface area contributed by atoms with Gasteiger partial charge >= 0.3 is 0 Å². The number of fused-ring (bicyclic) bond motifs is 2. The molecule has 1 amide bonds. The summed E-state index contributed by atoms with van der Waals surface area (Å²) in [5.74, 6) is 0.382. The number of para-hydroxylation sites is 2. The SMILES string of the molecule is N#Cc1cccc(COc2cccc(NC(=O)Cn3c4ccccc4c(=O)c4ccccc43)c2)c1. The minimum atomic E-state index is -0.220. The minimum absolute atomic E-state index is 0.0435. The number of ether oxygens (including phenoxy) is 1. The van der Waals surface area contributed by atoms with Crippen LogP contribution in [-0.2, 0) is 17.9 Å². The van der Waals surface area contributed by atoms with Gasteiger partial charge in [0, 0.05) is 22.5 Å². The first-order chi connectivity index (χ1) is 17.1. The summed E-state index contributed by atoms with van der Waals surface area (Å²) in [5, 5.41) is 13.1. The van der Waals surface area contributed by atoms with Crippen molar-refractivity contribution in [2.45, 2.75) is 13.2 Å². The first-order valence-corrected chi connectivity index (χ1v) is 11.1. The Bertz CT molecular complexity index is 1600. The topological polar surface area (TPSA) is 84.1 Å². The van der Waals surface area contributed by atoms with Gasteiger partial charge in [0.2, 0.25) is 5.91 Å². The molecule has 4 aromatic carbocycles. The molecule has 1 N–H and O–H groups in total. The van der Waals surface area contributed by atoms with Crippen LogP contribution in [0.5, 0.6) is 5.75 Å². The zero-order valence-corrected chi connectivity index (χ0v) is 18.8. The van der Waals surface area contributed by atoms with Crippen LogP contribution in [0.15, 0.2) is 102 Å². The van der Waals surface area contributed by atoms with E-state index < -0.39 is 0 Å². The van der Waals surface area contributed by atoms with E-state index >= 15 is 0 Å². The number of nitrogens with one attached hydrogen (secondary N) is 1. The number of hydrogen-bond acceptors (Lipinski definition) is 4. The normalized spacial score (nSPS) is 10.7. The Morgan fingerprint density at radius 2 is 1.54 bits per heavy atom. The van der Waals surface area contributed by atoms with E-state index in [2.05, 4.69) is 11.4 Å². The molecule has 0 saturated heterocycles. The van der Waals surface area contributed by atoms with Crippen molar-refractivity contribution < 1.29 is 9.53 Å². The third-order valence-corrected chi connectivity index (χ3v) is 5.76. The molecule has 0 bridgehead atoms. The summed E-state index contributed by atoms with van der Waals surface area (Å²) in [6.07, 6.45) is 0. The molecular formula is C29H21N3O3. The van der Waals surface area contributed by atoms with Gasteiger partial charge in [-0.05, 0) is 54.1 Å². The fourth-order valence-electron chi connectivity index (χ4n) is 4.15. The zero-order chi connectivity index (χ0) is 24.2. The van der Waals surface area contributed by atoms with Crippen LogP contribution in [0.3, 0.4) is 0 Å². The summed E-state index contributed by atoms with van der Waals surface area (Å²) < 4.78 is 7.72. The second kappa shape index (κ2) is 9.54.